The quantitative estimate of drug-likeness (QED) is 0.564. The highest BCUT2D eigenvalue weighted by Crippen LogP contribution is 2.23. The number of aryl methyl sites for hydroxylation is 3. The Morgan fingerprint density at radius 1 is 0.862 bits per heavy atom. The lowest BCUT2D eigenvalue weighted by Crippen LogP contribution is -2.26. The van der Waals surface area contributed by atoms with Crippen LogP contribution < -0.4 is 10.9 Å². The fourth-order valence-electron chi connectivity index (χ4n) is 3.65. The first kappa shape index (κ1) is 18.6. The van der Waals surface area contributed by atoms with Crippen molar-refractivity contribution in [3.05, 3.63) is 99.5 Å². The van der Waals surface area contributed by atoms with E-state index in [-0.39, 0.29) is 17.2 Å². The summed E-state index contributed by atoms with van der Waals surface area (Å²) >= 11 is 0. The molecule has 1 amide bonds. The van der Waals surface area contributed by atoms with Crippen LogP contribution in [0.3, 0.4) is 0 Å². The van der Waals surface area contributed by atoms with Gasteiger partial charge in [-0.15, -0.1) is 0 Å². The van der Waals surface area contributed by atoms with Gasteiger partial charge in [-0.05, 0) is 50.1 Å². The van der Waals surface area contributed by atoms with Gasteiger partial charge in [-0.3, -0.25) is 9.59 Å². The molecule has 0 spiro atoms. The number of hydrogen-bond donors (Lipinski definition) is 1. The Kier molecular flexibility index (Phi) is 4.72. The molecule has 4 rings (SSSR count). The zero-order chi connectivity index (χ0) is 20.5. The molecule has 5 nitrogen and oxygen atoms in total. The van der Waals surface area contributed by atoms with Crippen molar-refractivity contribution >= 4 is 22.4 Å². The van der Waals surface area contributed by atoms with E-state index in [1.54, 1.807) is 36.4 Å². The van der Waals surface area contributed by atoms with Crippen molar-refractivity contribution in [2.75, 3.05) is 5.32 Å². The average Bonchev–Trinajstić information content (AvgIpc) is 2.71. The SMILES string of the molecule is Cc1cc(C)c(NC(=O)c2nn(-c3ccccc3)c(=O)c3ccccc23)c(C)c1. The van der Waals surface area contributed by atoms with E-state index in [1.165, 1.54) is 4.68 Å². The number of benzene rings is 3. The molecule has 0 saturated carbocycles. The van der Waals surface area contributed by atoms with Crippen LogP contribution in [-0.4, -0.2) is 15.7 Å². The zero-order valence-electron chi connectivity index (χ0n) is 16.6. The largest absolute Gasteiger partial charge is 0.320 e. The molecular formula is C24H21N3O2. The molecule has 1 N–H and O–H groups in total. The van der Waals surface area contributed by atoms with E-state index in [9.17, 15) is 9.59 Å². The van der Waals surface area contributed by atoms with Crippen LogP contribution in [0.5, 0.6) is 0 Å². The number of nitrogens with zero attached hydrogens (tertiary/aromatic N) is 2. The molecule has 1 heterocycles. The molecule has 0 radical (unpaired) electrons. The van der Waals surface area contributed by atoms with Crippen LogP contribution in [0.4, 0.5) is 5.69 Å². The summed E-state index contributed by atoms with van der Waals surface area (Å²) in [5, 5.41) is 8.42. The average molecular weight is 383 g/mol. The molecule has 1 aromatic heterocycles. The maximum Gasteiger partial charge on any atom is 0.279 e. The molecule has 0 unspecified atom stereocenters. The van der Waals surface area contributed by atoms with Gasteiger partial charge in [-0.25, -0.2) is 0 Å². The summed E-state index contributed by atoms with van der Waals surface area (Å²) in [6.07, 6.45) is 0. The number of carbonyl (C=O) groups is 1. The van der Waals surface area contributed by atoms with Crippen molar-refractivity contribution in [1.82, 2.24) is 9.78 Å². The highest BCUT2D eigenvalue weighted by molar-refractivity contribution is 6.11. The minimum absolute atomic E-state index is 0.212. The number of nitrogens with one attached hydrogen (secondary N) is 1. The fraction of sp³-hybridized carbons (Fsp3) is 0.125. The van der Waals surface area contributed by atoms with Gasteiger partial charge in [0.15, 0.2) is 5.69 Å². The summed E-state index contributed by atoms with van der Waals surface area (Å²) in [7, 11) is 0. The number of para-hydroxylation sites is 1. The van der Waals surface area contributed by atoms with Crippen LogP contribution >= 0.6 is 0 Å². The third-order valence-electron chi connectivity index (χ3n) is 4.94. The van der Waals surface area contributed by atoms with E-state index in [1.807, 2.05) is 51.1 Å². The lowest BCUT2D eigenvalue weighted by Gasteiger charge is -2.14. The Balaban J connectivity index is 1.88. The molecule has 0 saturated heterocycles. The van der Waals surface area contributed by atoms with Crippen LogP contribution in [0.25, 0.3) is 16.5 Å². The van der Waals surface area contributed by atoms with E-state index in [0.29, 0.717) is 16.5 Å². The van der Waals surface area contributed by atoms with Crippen molar-refractivity contribution in [2.24, 2.45) is 0 Å². The number of rotatable bonds is 3. The minimum Gasteiger partial charge on any atom is -0.320 e. The van der Waals surface area contributed by atoms with Gasteiger partial charge in [0.2, 0.25) is 0 Å². The highest BCUT2D eigenvalue weighted by atomic mass is 16.2. The fourth-order valence-corrected chi connectivity index (χ4v) is 3.65. The monoisotopic (exact) mass is 383 g/mol. The second-order valence-corrected chi connectivity index (χ2v) is 7.17. The first-order chi connectivity index (χ1) is 14.0. The van der Waals surface area contributed by atoms with E-state index in [2.05, 4.69) is 10.4 Å². The summed E-state index contributed by atoms with van der Waals surface area (Å²) in [5.74, 6) is -0.346. The number of aromatic nitrogens is 2. The van der Waals surface area contributed by atoms with Crippen molar-refractivity contribution in [2.45, 2.75) is 20.8 Å². The number of amides is 1. The van der Waals surface area contributed by atoms with Gasteiger partial charge in [0.05, 0.1) is 11.1 Å². The van der Waals surface area contributed by atoms with Crippen molar-refractivity contribution in [1.29, 1.82) is 0 Å². The summed E-state index contributed by atoms with van der Waals surface area (Å²) in [5.41, 5.74) is 4.44. The second-order valence-electron chi connectivity index (χ2n) is 7.17. The van der Waals surface area contributed by atoms with Gasteiger partial charge in [0.1, 0.15) is 0 Å². The predicted octanol–water partition coefficient (Wildman–Crippen LogP) is 4.56. The Morgan fingerprint density at radius 3 is 2.10 bits per heavy atom. The predicted molar refractivity (Wildman–Crippen MR) is 116 cm³/mol. The molecule has 0 bridgehead atoms. The van der Waals surface area contributed by atoms with Gasteiger partial charge in [0.25, 0.3) is 11.5 Å². The molecule has 0 atom stereocenters. The topological polar surface area (TPSA) is 64.0 Å². The number of fused-ring (bicyclic) bond motifs is 1. The molecule has 0 aliphatic heterocycles. The van der Waals surface area contributed by atoms with Crippen LogP contribution in [0, 0.1) is 20.8 Å². The lowest BCUT2D eigenvalue weighted by molar-refractivity contribution is 0.102. The van der Waals surface area contributed by atoms with Crippen LogP contribution in [0.15, 0.2) is 71.5 Å². The molecule has 0 aliphatic carbocycles. The van der Waals surface area contributed by atoms with E-state index < -0.39 is 0 Å². The molecule has 5 heteroatoms. The Labute approximate surface area is 168 Å². The maximum absolute atomic E-state index is 13.2. The van der Waals surface area contributed by atoms with Gasteiger partial charge < -0.3 is 5.32 Å². The number of hydrogen-bond acceptors (Lipinski definition) is 3. The normalized spacial score (nSPS) is 10.9. The molecule has 4 aromatic rings. The zero-order valence-corrected chi connectivity index (χ0v) is 16.6. The number of carbonyl (C=O) groups excluding carboxylic acids is 1. The van der Waals surface area contributed by atoms with Gasteiger partial charge >= 0.3 is 0 Å². The Morgan fingerprint density at radius 2 is 1.45 bits per heavy atom. The van der Waals surface area contributed by atoms with E-state index in [0.717, 1.165) is 22.4 Å². The third kappa shape index (κ3) is 3.43. The van der Waals surface area contributed by atoms with Crippen molar-refractivity contribution in [3.63, 3.8) is 0 Å². The second kappa shape index (κ2) is 7.36. The maximum atomic E-state index is 13.2. The molecule has 0 fully saturated rings. The molecule has 144 valence electrons. The summed E-state index contributed by atoms with van der Waals surface area (Å²) in [6.45, 7) is 5.95. The highest BCUT2D eigenvalue weighted by Gasteiger charge is 2.19. The standard InChI is InChI=1S/C24H21N3O2/c1-15-13-16(2)21(17(3)14-15)25-23(28)22-19-11-7-8-12-20(19)24(29)27(26-22)18-9-5-4-6-10-18/h4-14H,1-3H3,(H,25,28). The van der Waals surface area contributed by atoms with E-state index in [4.69, 9.17) is 0 Å². The van der Waals surface area contributed by atoms with Crippen LogP contribution in [0.2, 0.25) is 0 Å². The molecule has 0 aliphatic rings. The Hall–Kier alpha value is -3.73. The smallest absolute Gasteiger partial charge is 0.279 e. The summed E-state index contributed by atoms with van der Waals surface area (Å²) in [6, 6.07) is 20.2. The Bertz CT molecular complexity index is 1270. The molecular weight excluding hydrogens is 362 g/mol. The van der Waals surface area contributed by atoms with Gasteiger partial charge in [0, 0.05) is 11.1 Å². The van der Waals surface area contributed by atoms with Crippen molar-refractivity contribution < 1.29 is 4.79 Å². The first-order valence-corrected chi connectivity index (χ1v) is 9.42. The van der Waals surface area contributed by atoms with Gasteiger partial charge in [-0.2, -0.15) is 9.78 Å². The van der Waals surface area contributed by atoms with Crippen LogP contribution in [0.1, 0.15) is 27.2 Å². The molecule has 3 aromatic carbocycles. The summed E-state index contributed by atoms with van der Waals surface area (Å²) < 4.78 is 1.28. The van der Waals surface area contributed by atoms with E-state index >= 15 is 0 Å². The first-order valence-electron chi connectivity index (χ1n) is 9.42. The summed E-state index contributed by atoms with van der Waals surface area (Å²) in [4.78, 5) is 26.2. The van der Waals surface area contributed by atoms with Crippen molar-refractivity contribution in [3.8, 4) is 5.69 Å². The number of anilines is 1. The van der Waals surface area contributed by atoms with Gasteiger partial charge in [-0.1, -0.05) is 54.1 Å². The minimum atomic E-state index is -0.346. The van der Waals surface area contributed by atoms with Crippen LogP contribution in [-0.2, 0) is 0 Å². The lowest BCUT2D eigenvalue weighted by atomic mass is 10.0. The molecule has 29 heavy (non-hydrogen) atoms. The third-order valence-corrected chi connectivity index (χ3v) is 4.94.